The maximum atomic E-state index is 5.77. The Kier molecular flexibility index (Phi) is 3.49. The summed E-state index contributed by atoms with van der Waals surface area (Å²) in [5.74, 6) is 0.655. The molecule has 0 radical (unpaired) electrons. The molecule has 0 saturated carbocycles. The average molecular weight is 177 g/mol. The van der Waals surface area contributed by atoms with E-state index < -0.39 is 0 Å². The van der Waals surface area contributed by atoms with Gasteiger partial charge in [0.05, 0.1) is 0 Å². The molecule has 1 aromatic rings. The Hall–Kier alpha value is -0.820. The summed E-state index contributed by atoms with van der Waals surface area (Å²) in [6, 6.07) is 8.78. The minimum absolute atomic E-state index is 0.144. The van der Waals surface area contributed by atoms with Gasteiger partial charge in [0, 0.05) is 6.04 Å². The molecule has 0 aliphatic heterocycles. The summed E-state index contributed by atoms with van der Waals surface area (Å²) in [6.07, 6.45) is 1.19. The van der Waals surface area contributed by atoms with Crippen LogP contribution in [0.5, 0.6) is 0 Å². The first-order chi connectivity index (χ1) is 6.15. The van der Waals surface area contributed by atoms with Gasteiger partial charge in [0.1, 0.15) is 0 Å². The second kappa shape index (κ2) is 4.43. The standard InChI is InChI=1S/C12H19N/c1-4-9(2)11-5-7-12(8-6-11)10(3)13/h5-10H,4,13H2,1-3H3/t9-,10-/m0/s1. The van der Waals surface area contributed by atoms with Crippen LogP contribution in [0.25, 0.3) is 0 Å². The third-order valence-corrected chi connectivity index (χ3v) is 2.64. The number of nitrogens with two attached hydrogens (primary N) is 1. The zero-order chi connectivity index (χ0) is 9.84. The first-order valence-corrected chi connectivity index (χ1v) is 5.00. The van der Waals surface area contributed by atoms with E-state index in [0.717, 1.165) is 0 Å². The van der Waals surface area contributed by atoms with Gasteiger partial charge in [0.15, 0.2) is 0 Å². The predicted molar refractivity (Wildman–Crippen MR) is 57.8 cm³/mol. The van der Waals surface area contributed by atoms with E-state index in [4.69, 9.17) is 5.73 Å². The van der Waals surface area contributed by atoms with Crippen molar-refractivity contribution in [3.63, 3.8) is 0 Å². The molecule has 0 aromatic heterocycles. The molecule has 0 heterocycles. The zero-order valence-corrected chi connectivity index (χ0v) is 8.75. The van der Waals surface area contributed by atoms with E-state index in [1.807, 2.05) is 6.92 Å². The Morgan fingerprint density at radius 2 is 1.54 bits per heavy atom. The lowest BCUT2D eigenvalue weighted by Crippen LogP contribution is -2.04. The maximum Gasteiger partial charge on any atom is 0.0266 e. The van der Waals surface area contributed by atoms with E-state index >= 15 is 0 Å². The van der Waals surface area contributed by atoms with Crippen molar-refractivity contribution >= 4 is 0 Å². The van der Waals surface area contributed by atoms with Crippen LogP contribution in [-0.4, -0.2) is 0 Å². The Morgan fingerprint density at radius 1 is 1.08 bits per heavy atom. The van der Waals surface area contributed by atoms with Gasteiger partial charge in [-0.05, 0) is 30.4 Å². The highest BCUT2D eigenvalue weighted by molar-refractivity contribution is 5.26. The molecule has 2 atom stereocenters. The highest BCUT2D eigenvalue weighted by Crippen LogP contribution is 2.20. The van der Waals surface area contributed by atoms with Crippen molar-refractivity contribution in [3.05, 3.63) is 35.4 Å². The van der Waals surface area contributed by atoms with Crippen molar-refractivity contribution in [2.45, 2.75) is 39.2 Å². The second-order valence-electron chi connectivity index (χ2n) is 3.76. The topological polar surface area (TPSA) is 26.0 Å². The predicted octanol–water partition coefficient (Wildman–Crippen LogP) is 3.22. The van der Waals surface area contributed by atoms with E-state index in [9.17, 15) is 0 Å². The lowest BCUT2D eigenvalue weighted by Gasteiger charge is -2.11. The quantitative estimate of drug-likeness (QED) is 0.753. The minimum Gasteiger partial charge on any atom is -0.324 e. The fourth-order valence-electron chi connectivity index (χ4n) is 1.36. The average Bonchev–Trinajstić information content (AvgIpc) is 2.17. The summed E-state index contributed by atoms with van der Waals surface area (Å²) in [6.45, 7) is 6.48. The molecule has 0 unspecified atom stereocenters. The maximum absolute atomic E-state index is 5.77. The van der Waals surface area contributed by atoms with Gasteiger partial charge in [-0.2, -0.15) is 0 Å². The molecular weight excluding hydrogens is 158 g/mol. The van der Waals surface area contributed by atoms with Gasteiger partial charge in [-0.3, -0.25) is 0 Å². The monoisotopic (exact) mass is 177 g/mol. The highest BCUT2D eigenvalue weighted by atomic mass is 14.6. The molecule has 0 bridgehead atoms. The number of benzene rings is 1. The van der Waals surface area contributed by atoms with Gasteiger partial charge in [0.2, 0.25) is 0 Å². The third-order valence-electron chi connectivity index (χ3n) is 2.64. The van der Waals surface area contributed by atoms with Crippen molar-refractivity contribution in [3.8, 4) is 0 Å². The Labute approximate surface area is 81.0 Å². The fraction of sp³-hybridized carbons (Fsp3) is 0.500. The normalized spacial score (nSPS) is 15.4. The molecule has 0 saturated heterocycles. The second-order valence-corrected chi connectivity index (χ2v) is 3.76. The van der Waals surface area contributed by atoms with E-state index in [1.54, 1.807) is 0 Å². The summed E-state index contributed by atoms with van der Waals surface area (Å²) in [4.78, 5) is 0. The molecule has 72 valence electrons. The third kappa shape index (κ3) is 2.56. The molecule has 2 N–H and O–H groups in total. The molecule has 0 amide bonds. The van der Waals surface area contributed by atoms with Gasteiger partial charge in [-0.25, -0.2) is 0 Å². The lowest BCUT2D eigenvalue weighted by molar-refractivity contribution is 0.731. The number of hydrogen-bond donors (Lipinski definition) is 1. The Balaban J connectivity index is 2.81. The molecule has 13 heavy (non-hydrogen) atoms. The highest BCUT2D eigenvalue weighted by Gasteiger charge is 2.03. The van der Waals surface area contributed by atoms with Gasteiger partial charge in [-0.1, -0.05) is 38.1 Å². The largest absolute Gasteiger partial charge is 0.324 e. The minimum atomic E-state index is 0.144. The van der Waals surface area contributed by atoms with Gasteiger partial charge in [0.25, 0.3) is 0 Å². The SMILES string of the molecule is CC[C@H](C)c1ccc([C@H](C)N)cc1. The summed E-state index contributed by atoms with van der Waals surface area (Å²) < 4.78 is 0. The van der Waals surface area contributed by atoms with E-state index in [0.29, 0.717) is 5.92 Å². The van der Waals surface area contributed by atoms with Crippen LogP contribution >= 0.6 is 0 Å². The lowest BCUT2D eigenvalue weighted by atomic mass is 9.96. The summed E-state index contributed by atoms with van der Waals surface area (Å²) in [5, 5.41) is 0. The molecule has 1 rings (SSSR count). The van der Waals surface area contributed by atoms with Crippen molar-refractivity contribution in [2.24, 2.45) is 5.73 Å². The summed E-state index contributed by atoms with van der Waals surface area (Å²) in [7, 11) is 0. The first-order valence-electron chi connectivity index (χ1n) is 5.00. The molecule has 1 nitrogen and oxygen atoms in total. The van der Waals surface area contributed by atoms with E-state index in [2.05, 4.69) is 38.1 Å². The molecule has 1 heteroatoms. The molecule has 0 aliphatic carbocycles. The first kappa shape index (κ1) is 10.3. The zero-order valence-electron chi connectivity index (χ0n) is 8.75. The van der Waals surface area contributed by atoms with Crippen LogP contribution in [0, 0.1) is 0 Å². The van der Waals surface area contributed by atoms with Crippen molar-refractivity contribution < 1.29 is 0 Å². The smallest absolute Gasteiger partial charge is 0.0266 e. The molecule has 0 spiro atoms. The van der Waals surface area contributed by atoms with Crippen LogP contribution in [0.1, 0.15) is 50.3 Å². The van der Waals surface area contributed by atoms with Crippen molar-refractivity contribution in [1.82, 2.24) is 0 Å². The Bertz CT molecular complexity index is 248. The molecule has 0 aliphatic rings. The van der Waals surface area contributed by atoms with Crippen LogP contribution in [0.4, 0.5) is 0 Å². The van der Waals surface area contributed by atoms with Gasteiger partial charge in [-0.15, -0.1) is 0 Å². The number of rotatable bonds is 3. The summed E-state index contributed by atoms with van der Waals surface area (Å²) >= 11 is 0. The van der Waals surface area contributed by atoms with Crippen LogP contribution in [0.3, 0.4) is 0 Å². The van der Waals surface area contributed by atoms with Crippen LogP contribution in [0.2, 0.25) is 0 Å². The van der Waals surface area contributed by atoms with Crippen LogP contribution in [0.15, 0.2) is 24.3 Å². The van der Waals surface area contributed by atoms with E-state index in [1.165, 1.54) is 17.5 Å². The Morgan fingerprint density at radius 3 is 1.92 bits per heavy atom. The van der Waals surface area contributed by atoms with Gasteiger partial charge < -0.3 is 5.73 Å². The molecule has 0 fully saturated rings. The van der Waals surface area contributed by atoms with Gasteiger partial charge >= 0.3 is 0 Å². The van der Waals surface area contributed by atoms with Crippen molar-refractivity contribution in [2.75, 3.05) is 0 Å². The van der Waals surface area contributed by atoms with Crippen LogP contribution < -0.4 is 5.73 Å². The number of hydrogen-bond acceptors (Lipinski definition) is 1. The fourth-order valence-corrected chi connectivity index (χ4v) is 1.36. The molecular formula is C12H19N. The summed E-state index contributed by atoms with van der Waals surface area (Å²) in [5.41, 5.74) is 8.40. The van der Waals surface area contributed by atoms with Crippen molar-refractivity contribution in [1.29, 1.82) is 0 Å². The van der Waals surface area contributed by atoms with Crippen LogP contribution in [-0.2, 0) is 0 Å². The van der Waals surface area contributed by atoms with E-state index in [-0.39, 0.29) is 6.04 Å². The molecule has 1 aromatic carbocycles.